The van der Waals surface area contributed by atoms with Crippen LogP contribution < -0.4 is 4.31 Å². The van der Waals surface area contributed by atoms with Gasteiger partial charge in [-0.15, -0.1) is 0 Å². The van der Waals surface area contributed by atoms with Gasteiger partial charge in [0.2, 0.25) is 0 Å². The summed E-state index contributed by atoms with van der Waals surface area (Å²) in [5.74, 6) is -2.18. The molecule has 0 fully saturated rings. The molecule has 0 N–H and O–H groups in total. The van der Waals surface area contributed by atoms with Crippen LogP contribution in [-0.2, 0) is 21.3 Å². The van der Waals surface area contributed by atoms with Crippen molar-refractivity contribution in [1.29, 1.82) is 0 Å². The molecule has 2 heterocycles. The third-order valence-electron chi connectivity index (χ3n) is 5.61. The van der Waals surface area contributed by atoms with Gasteiger partial charge in [0.25, 0.3) is 10.0 Å². The molecule has 0 aliphatic heterocycles. The molecule has 0 aliphatic rings. The summed E-state index contributed by atoms with van der Waals surface area (Å²) in [5.41, 5.74) is 2.96. The van der Waals surface area contributed by atoms with Crippen molar-refractivity contribution >= 4 is 21.8 Å². The number of aromatic nitrogens is 3. The second-order valence-corrected chi connectivity index (χ2v) is 9.50. The molecule has 0 aliphatic carbocycles. The van der Waals surface area contributed by atoms with Crippen LogP contribution in [0.15, 0.2) is 72.0 Å². The van der Waals surface area contributed by atoms with Gasteiger partial charge in [0.05, 0.1) is 12.8 Å². The second-order valence-electron chi connectivity index (χ2n) is 7.75. The van der Waals surface area contributed by atoms with Crippen LogP contribution in [0.25, 0.3) is 22.4 Å². The molecule has 8 nitrogen and oxygen atoms in total. The van der Waals surface area contributed by atoms with Gasteiger partial charge in [-0.2, -0.15) is 9.40 Å². The molecule has 0 bridgehead atoms. The Balaban J connectivity index is 1.94. The Morgan fingerprint density at radius 3 is 2.47 bits per heavy atom. The van der Waals surface area contributed by atoms with Crippen LogP contribution in [-0.4, -0.2) is 36.4 Å². The first kappa shape index (κ1) is 25.0. The molecular weight excluding hydrogens is 490 g/mol. The summed E-state index contributed by atoms with van der Waals surface area (Å²) >= 11 is 0. The number of hydrogen-bond acceptors (Lipinski definition) is 6. The van der Waals surface area contributed by atoms with Gasteiger partial charge in [-0.3, -0.25) is 9.67 Å². The largest absolute Gasteiger partial charge is 0.452 e. The molecule has 0 saturated carbocycles. The number of hydrogen-bond donors (Lipinski definition) is 0. The van der Waals surface area contributed by atoms with Gasteiger partial charge < -0.3 is 4.74 Å². The lowest BCUT2D eigenvalue weighted by molar-refractivity contribution is 0.183. The maximum atomic E-state index is 14.5. The maximum absolute atomic E-state index is 14.5. The number of carbonyl (C=O) groups is 1. The number of carbonyl (C=O) groups excluding carboxylic acids is 1. The van der Waals surface area contributed by atoms with Crippen LogP contribution in [0.1, 0.15) is 12.5 Å². The number of amides is 1. The lowest BCUT2D eigenvalue weighted by atomic mass is 9.98. The molecule has 1 amide bonds. The fraction of sp³-hybridized carbons (Fsp3) is 0.160. The topological polar surface area (TPSA) is 94.4 Å². The average molecular weight is 513 g/mol. The van der Waals surface area contributed by atoms with Crippen molar-refractivity contribution in [3.63, 3.8) is 0 Å². The summed E-state index contributed by atoms with van der Waals surface area (Å²) in [4.78, 5) is 15.8. The highest BCUT2D eigenvalue weighted by atomic mass is 32.2. The molecule has 0 spiro atoms. The standard InChI is InChI=1S/C25H22F2N4O4S/c1-4-30-15-20(17-10-12-28-13-11-17)24(29-30)19-6-5-7-22(16(19)2)31(25(32)35-3)36(33,34)23-14-18(26)8-9-21(23)27/h5-15H,4H2,1-3H3. The number of nitrogens with zero attached hydrogens (tertiary/aromatic N) is 4. The van der Waals surface area contributed by atoms with Gasteiger partial charge in [0, 0.05) is 36.3 Å². The zero-order valence-corrected chi connectivity index (χ0v) is 20.5. The smallest absolute Gasteiger partial charge is 0.428 e. The predicted octanol–water partition coefficient (Wildman–Crippen LogP) is 5.18. The fourth-order valence-corrected chi connectivity index (χ4v) is 5.31. The van der Waals surface area contributed by atoms with E-state index in [1.54, 1.807) is 36.1 Å². The molecule has 0 saturated heterocycles. The number of aryl methyl sites for hydroxylation is 1. The van der Waals surface area contributed by atoms with Gasteiger partial charge in [0.1, 0.15) is 22.2 Å². The predicted molar refractivity (Wildman–Crippen MR) is 130 cm³/mol. The SMILES string of the molecule is CCn1cc(-c2ccncc2)c(-c2cccc(N(C(=O)OC)S(=O)(=O)c3cc(F)ccc3F)c2C)n1. The number of anilines is 1. The van der Waals surface area contributed by atoms with Crippen molar-refractivity contribution < 1.29 is 26.7 Å². The normalized spacial score (nSPS) is 11.4. The highest BCUT2D eigenvalue weighted by molar-refractivity contribution is 7.93. The minimum Gasteiger partial charge on any atom is -0.452 e. The fourth-order valence-electron chi connectivity index (χ4n) is 3.81. The molecule has 0 unspecified atom stereocenters. The van der Waals surface area contributed by atoms with Gasteiger partial charge in [-0.1, -0.05) is 12.1 Å². The summed E-state index contributed by atoms with van der Waals surface area (Å²) in [6.07, 6.45) is 3.86. The van der Waals surface area contributed by atoms with E-state index >= 15 is 0 Å². The van der Waals surface area contributed by atoms with E-state index in [1.165, 1.54) is 6.07 Å². The van der Waals surface area contributed by atoms with E-state index in [-0.39, 0.29) is 5.69 Å². The van der Waals surface area contributed by atoms with Crippen LogP contribution in [0.5, 0.6) is 0 Å². The Morgan fingerprint density at radius 2 is 1.81 bits per heavy atom. The van der Waals surface area contributed by atoms with E-state index < -0.39 is 32.6 Å². The van der Waals surface area contributed by atoms with Crippen molar-refractivity contribution in [3.8, 4) is 22.4 Å². The molecule has 4 rings (SSSR count). The van der Waals surface area contributed by atoms with Gasteiger partial charge in [-0.05, 0) is 61.4 Å². The van der Waals surface area contributed by atoms with Crippen molar-refractivity contribution in [1.82, 2.24) is 14.8 Å². The number of sulfonamides is 1. The summed E-state index contributed by atoms with van der Waals surface area (Å²) in [7, 11) is -3.90. The quantitative estimate of drug-likeness (QED) is 0.353. The van der Waals surface area contributed by atoms with E-state index in [1.807, 2.05) is 25.3 Å². The Kier molecular flexibility index (Phi) is 6.84. The number of pyridine rings is 1. The Morgan fingerprint density at radius 1 is 1.08 bits per heavy atom. The van der Waals surface area contributed by atoms with Crippen LogP contribution in [0.2, 0.25) is 0 Å². The van der Waals surface area contributed by atoms with Gasteiger partial charge >= 0.3 is 6.09 Å². The van der Waals surface area contributed by atoms with E-state index in [9.17, 15) is 22.0 Å². The maximum Gasteiger partial charge on any atom is 0.428 e. The molecule has 186 valence electrons. The zero-order chi connectivity index (χ0) is 26.0. The highest BCUT2D eigenvalue weighted by Crippen LogP contribution is 2.38. The minimum absolute atomic E-state index is 0.0882. The van der Waals surface area contributed by atoms with Crippen LogP contribution in [0.3, 0.4) is 0 Å². The number of ether oxygens (including phenoxy) is 1. The van der Waals surface area contributed by atoms with E-state index in [4.69, 9.17) is 4.74 Å². The summed E-state index contributed by atoms with van der Waals surface area (Å²) in [5, 5.41) is 4.65. The van der Waals surface area contributed by atoms with E-state index in [0.717, 1.165) is 24.3 Å². The summed E-state index contributed by atoms with van der Waals surface area (Å²) < 4.78 is 62.0. The van der Waals surface area contributed by atoms with Crippen molar-refractivity contribution in [2.75, 3.05) is 11.4 Å². The first-order chi connectivity index (χ1) is 17.2. The number of benzene rings is 2. The first-order valence-electron chi connectivity index (χ1n) is 10.8. The molecule has 4 aromatic rings. The molecule has 2 aromatic carbocycles. The third-order valence-corrected chi connectivity index (χ3v) is 7.30. The summed E-state index contributed by atoms with van der Waals surface area (Å²) in [6, 6.07) is 10.3. The third kappa shape index (κ3) is 4.44. The van der Waals surface area contributed by atoms with Crippen LogP contribution >= 0.6 is 0 Å². The highest BCUT2D eigenvalue weighted by Gasteiger charge is 2.36. The van der Waals surface area contributed by atoms with Gasteiger partial charge in [0.15, 0.2) is 0 Å². The molecule has 0 radical (unpaired) electrons. The number of halogens is 2. The molecule has 36 heavy (non-hydrogen) atoms. The monoisotopic (exact) mass is 512 g/mol. The summed E-state index contributed by atoms with van der Waals surface area (Å²) in [6.45, 7) is 4.12. The molecule has 11 heteroatoms. The number of methoxy groups -OCH3 is 1. The second kappa shape index (κ2) is 9.86. The van der Waals surface area contributed by atoms with Crippen molar-refractivity contribution in [2.45, 2.75) is 25.3 Å². The Labute approximate surface area is 206 Å². The number of rotatable bonds is 6. The average Bonchev–Trinajstić information content (AvgIpc) is 3.31. The lowest BCUT2D eigenvalue weighted by Crippen LogP contribution is -2.38. The van der Waals surface area contributed by atoms with Crippen molar-refractivity contribution in [2.24, 2.45) is 0 Å². The Hall–Kier alpha value is -4.12. The lowest BCUT2D eigenvalue weighted by Gasteiger charge is -2.24. The van der Waals surface area contributed by atoms with Crippen molar-refractivity contribution in [3.05, 3.63) is 84.3 Å². The Bertz CT molecular complexity index is 1540. The first-order valence-corrected chi connectivity index (χ1v) is 12.3. The molecular formula is C25H22F2N4O4S. The van der Waals surface area contributed by atoms with E-state index in [2.05, 4.69) is 10.1 Å². The van der Waals surface area contributed by atoms with Gasteiger partial charge in [-0.25, -0.2) is 22.0 Å². The molecule has 0 atom stereocenters. The van der Waals surface area contributed by atoms with Crippen LogP contribution in [0.4, 0.5) is 19.3 Å². The molecule has 2 aromatic heterocycles. The minimum atomic E-state index is -4.89. The van der Waals surface area contributed by atoms with E-state index in [0.29, 0.717) is 39.8 Å². The zero-order valence-electron chi connectivity index (χ0n) is 19.6. The van der Waals surface area contributed by atoms with Crippen LogP contribution in [0, 0.1) is 18.6 Å².